The van der Waals surface area contributed by atoms with E-state index in [0.29, 0.717) is 10.7 Å². The highest BCUT2D eigenvalue weighted by atomic mass is 35.5. The number of hydrogen-bond donors (Lipinski definition) is 1. The summed E-state index contributed by atoms with van der Waals surface area (Å²) in [5.74, 6) is -0.743. The first-order valence-electron chi connectivity index (χ1n) is 8.09. The van der Waals surface area contributed by atoms with Crippen LogP contribution < -0.4 is 10.2 Å². The monoisotopic (exact) mass is 398 g/mol. The van der Waals surface area contributed by atoms with Gasteiger partial charge >= 0.3 is 6.18 Å². The van der Waals surface area contributed by atoms with Crippen LogP contribution in [-0.2, 0) is 11.0 Å². The van der Waals surface area contributed by atoms with E-state index < -0.39 is 17.6 Å². The van der Waals surface area contributed by atoms with Gasteiger partial charge in [-0.05, 0) is 48.9 Å². The van der Waals surface area contributed by atoms with Crippen molar-refractivity contribution in [3.8, 4) is 0 Å². The molecular formula is C19H18ClF3N2O2. The second kappa shape index (κ2) is 8.43. The van der Waals surface area contributed by atoms with Gasteiger partial charge in [0.25, 0.3) is 5.91 Å². The van der Waals surface area contributed by atoms with Crippen molar-refractivity contribution in [2.24, 2.45) is 0 Å². The number of rotatable bonds is 5. The van der Waals surface area contributed by atoms with Crippen molar-refractivity contribution in [2.75, 3.05) is 18.0 Å². The highest BCUT2D eigenvalue weighted by molar-refractivity contribution is 6.31. The van der Waals surface area contributed by atoms with Crippen molar-refractivity contribution in [3.63, 3.8) is 0 Å². The zero-order valence-corrected chi connectivity index (χ0v) is 15.5. The molecule has 0 saturated carbocycles. The average Bonchev–Trinajstić information content (AvgIpc) is 2.60. The van der Waals surface area contributed by atoms with Crippen LogP contribution in [0.5, 0.6) is 0 Å². The summed E-state index contributed by atoms with van der Waals surface area (Å²) in [7, 11) is 0. The Balaban J connectivity index is 1.99. The van der Waals surface area contributed by atoms with Gasteiger partial charge in [0.1, 0.15) is 0 Å². The van der Waals surface area contributed by atoms with Gasteiger partial charge in [0.05, 0.1) is 5.56 Å². The van der Waals surface area contributed by atoms with Crippen LogP contribution in [0, 0.1) is 6.92 Å². The lowest BCUT2D eigenvalue weighted by molar-refractivity contribution is -0.137. The molecular weight excluding hydrogens is 381 g/mol. The number of benzene rings is 2. The van der Waals surface area contributed by atoms with Crippen molar-refractivity contribution in [1.29, 1.82) is 0 Å². The average molecular weight is 399 g/mol. The first kappa shape index (κ1) is 20.8. The Morgan fingerprint density at radius 2 is 1.74 bits per heavy atom. The van der Waals surface area contributed by atoms with E-state index in [9.17, 15) is 22.8 Å². The summed E-state index contributed by atoms with van der Waals surface area (Å²) in [6.45, 7) is 3.56. The maximum Gasteiger partial charge on any atom is 0.416 e. The minimum Gasteiger partial charge on any atom is -0.350 e. The van der Waals surface area contributed by atoms with Crippen molar-refractivity contribution >= 4 is 29.1 Å². The Morgan fingerprint density at radius 3 is 2.26 bits per heavy atom. The van der Waals surface area contributed by atoms with Crippen molar-refractivity contribution in [2.45, 2.75) is 20.0 Å². The number of alkyl halides is 3. The number of amides is 2. The van der Waals surface area contributed by atoms with Crippen molar-refractivity contribution < 1.29 is 22.8 Å². The number of nitrogens with one attached hydrogen (secondary N) is 1. The maximum absolute atomic E-state index is 12.6. The maximum atomic E-state index is 12.6. The predicted molar refractivity (Wildman–Crippen MR) is 98.0 cm³/mol. The van der Waals surface area contributed by atoms with Crippen LogP contribution in [0.2, 0.25) is 5.02 Å². The number of aryl methyl sites for hydroxylation is 1. The summed E-state index contributed by atoms with van der Waals surface area (Å²) in [6.07, 6.45) is -4.45. The summed E-state index contributed by atoms with van der Waals surface area (Å²) in [4.78, 5) is 25.4. The molecule has 4 nitrogen and oxygen atoms in total. The lowest BCUT2D eigenvalue weighted by atomic mass is 10.1. The molecule has 0 spiro atoms. The molecule has 144 valence electrons. The zero-order chi connectivity index (χ0) is 20.2. The van der Waals surface area contributed by atoms with Gasteiger partial charge in [-0.1, -0.05) is 17.7 Å². The topological polar surface area (TPSA) is 49.4 Å². The third kappa shape index (κ3) is 5.47. The molecule has 0 atom stereocenters. The number of anilines is 1. The second-order valence-electron chi connectivity index (χ2n) is 5.94. The largest absolute Gasteiger partial charge is 0.416 e. The van der Waals surface area contributed by atoms with E-state index in [4.69, 9.17) is 11.6 Å². The van der Waals surface area contributed by atoms with Gasteiger partial charge in [-0.3, -0.25) is 9.59 Å². The van der Waals surface area contributed by atoms with E-state index in [0.717, 1.165) is 29.8 Å². The van der Waals surface area contributed by atoms with Crippen LogP contribution in [0.4, 0.5) is 18.9 Å². The highest BCUT2D eigenvalue weighted by Gasteiger charge is 2.30. The fraction of sp³-hybridized carbons (Fsp3) is 0.263. The molecule has 0 fully saturated rings. The van der Waals surface area contributed by atoms with Gasteiger partial charge in [0.15, 0.2) is 0 Å². The second-order valence-corrected chi connectivity index (χ2v) is 6.34. The molecule has 0 heterocycles. The van der Waals surface area contributed by atoms with E-state index in [1.807, 2.05) is 6.92 Å². The molecule has 0 radical (unpaired) electrons. The summed E-state index contributed by atoms with van der Waals surface area (Å²) in [5.41, 5.74) is 0.759. The highest BCUT2D eigenvalue weighted by Crippen LogP contribution is 2.29. The summed E-state index contributed by atoms with van der Waals surface area (Å²) in [6, 6.07) is 9.13. The van der Waals surface area contributed by atoms with E-state index in [2.05, 4.69) is 5.32 Å². The number of hydrogen-bond acceptors (Lipinski definition) is 2. The number of carbonyl (C=O) groups is 2. The minimum absolute atomic E-state index is 0.107. The van der Waals surface area contributed by atoms with Gasteiger partial charge in [-0.2, -0.15) is 13.2 Å². The van der Waals surface area contributed by atoms with E-state index in [-0.39, 0.29) is 24.6 Å². The lowest BCUT2D eigenvalue weighted by Gasteiger charge is -2.22. The predicted octanol–water partition coefficient (Wildman–Crippen LogP) is 4.45. The fourth-order valence-electron chi connectivity index (χ4n) is 2.41. The smallest absolute Gasteiger partial charge is 0.350 e. The van der Waals surface area contributed by atoms with Gasteiger partial charge in [0.2, 0.25) is 5.91 Å². The van der Waals surface area contributed by atoms with Crippen LogP contribution in [0.15, 0.2) is 42.5 Å². The van der Waals surface area contributed by atoms with Crippen molar-refractivity contribution in [1.82, 2.24) is 5.32 Å². The van der Waals surface area contributed by atoms with E-state index in [1.54, 1.807) is 18.2 Å². The fourth-order valence-corrected chi connectivity index (χ4v) is 2.59. The summed E-state index contributed by atoms with van der Waals surface area (Å²) >= 11 is 6.08. The van der Waals surface area contributed by atoms with Gasteiger partial charge in [-0.15, -0.1) is 0 Å². The van der Waals surface area contributed by atoms with Crippen LogP contribution in [-0.4, -0.2) is 24.9 Å². The van der Waals surface area contributed by atoms with Crippen LogP contribution in [0.25, 0.3) is 0 Å². The van der Waals surface area contributed by atoms with Crippen LogP contribution >= 0.6 is 11.6 Å². The molecule has 2 aromatic rings. The Bertz CT molecular complexity index is 836. The molecule has 0 aromatic heterocycles. The molecule has 0 aliphatic heterocycles. The molecule has 8 heteroatoms. The van der Waals surface area contributed by atoms with Gasteiger partial charge in [-0.25, -0.2) is 0 Å². The molecule has 0 aliphatic rings. The Kier molecular flexibility index (Phi) is 6.49. The normalized spacial score (nSPS) is 11.2. The van der Waals surface area contributed by atoms with Crippen LogP contribution in [0.1, 0.15) is 28.4 Å². The van der Waals surface area contributed by atoms with E-state index in [1.165, 1.54) is 11.8 Å². The third-order valence-electron chi connectivity index (χ3n) is 3.94. The summed E-state index contributed by atoms with van der Waals surface area (Å²) < 4.78 is 37.7. The molecule has 2 amide bonds. The van der Waals surface area contributed by atoms with Gasteiger partial charge in [0, 0.05) is 36.3 Å². The van der Waals surface area contributed by atoms with Crippen LogP contribution in [0.3, 0.4) is 0 Å². The molecule has 0 aliphatic carbocycles. The molecule has 0 bridgehead atoms. The Morgan fingerprint density at radius 1 is 1.11 bits per heavy atom. The molecule has 0 saturated heterocycles. The molecule has 27 heavy (non-hydrogen) atoms. The quantitative estimate of drug-likeness (QED) is 0.809. The number of carbonyl (C=O) groups excluding carboxylic acids is 2. The minimum atomic E-state index is -4.45. The first-order chi connectivity index (χ1) is 12.6. The first-order valence-corrected chi connectivity index (χ1v) is 8.47. The molecule has 0 unspecified atom stereocenters. The number of halogens is 4. The Labute approximate surface area is 159 Å². The molecule has 2 aromatic carbocycles. The Hall–Kier alpha value is -2.54. The van der Waals surface area contributed by atoms with Gasteiger partial charge < -0.3 is 10.2 Å². The number of nitrogens with zero attached hydrogens (tertiary/aromatic N) is 1. The third-order valence-corrected chi connectivity index (χ3v) is 4.35. The molecule has 2 rings (SSSR count). The standard InChI is InChI=1S/C19H18ClF3N2O2/c1-12-3-8-16(11-17(12)20)25(13(2)26)10-9-24-18(27)14-4-6-15(7-5-14)19(21,22)23/h3-8,11H,9-10H2,1-2H3,(H,24,27). The zero-order valence-electron chi connectivity index (χ0n) is 14.7. The molecule has 1 N–H and O–H groups in total. The van der Waals surface area contributed by atoms with E-state index >= 15 is 0 Å². The lowest BCUT2D eigenvalue weighted by Crippen LogP contribution is -2.37. The summed E-state index contributed by atoms with van der Waals surface area (Å²) in [5, 5.41) is 3.11. The SMILES string of the molecule is CC(=O)N(CCNC(=O)c1ccc(C(F)(F)F)cc1)c1ccc(C)c(Cl)c1. The van der Waals surface area contributed by atoms with Crippen molar-refractivity contribution in [3.05, 3.63) is 64.2 Å².